The molecule has 0 amide bonds. The minimum absolute atomic E-state index is 0.601. The van der Waals surface area contributed by atoms with Crippen LogP contribution in [0.25, 0.3) is 0 Å². The van der Waals surface area contributed by atoms with E-state index in [0.29, 0.717) is 12.1 Å². The van der Waals surface area contributed by atoms with E-state index >= 15 is 0 Å². The fraction of sp³-hybridized carbons (Fsp3) is 0.500. The van der Waals surface area contributed by atoms with Gasteiger partial charge in [0, 0.05) is 23.5 Å². The van der Waals surface area contributed by atoms with E-state index in [9.17, 15) is 0 Å². The van der Waals surface area contributed by atoms with E-state index < -0.39 is 0 Å². The Labute approximate surface area is 144 Å². The Morgan fingerprint density at radius 2 is 1.91 bits per heavy atom. The maximum absolute atomic E-state index is 3.84. The third-order valence-corrected chi connectivity index (χ3v) is 5.64. The lowest BCUT2D eigenvalue weighted by Gasteiger charge is -2.33. The van der Waals surface area contributed by atoms with Crippen molar-refractivity contribution in [1.29, 1.82) is 0 Å². The lowest BCUT2D eigenvalue weighted by atomic mass is 10.0. The van der Waals surface area contributed by atoms with Crippen molar-refractivity contribution in [2.75, 3.05) is 13.1 Å². The predicted octanol–water partition coefficient (Wildman–Crippen LogP) is 4.32. The third-order valence-electron chi connectivity index (χ3n) is 4.78. The first kappa shape index (κ1) is 16.7. The fourth-order valence-corrected chi connectivity index (χ4v) is 4.14. The van der Waals surface area contributed by atoms with Crippen LogP contribution in [0.3, 0.4) is 0 Å². The highest BCUT2D eigenvalue weighted by Gasteiger charge is 2.20. The average Bonchev–Trinajstić information content (AvgIpc) is 3.09. The van der Waals surface area contributed by atoms with Crippen molar-refractivity contribution in [3.05, 3.63) is 58.3 Å². The summed E-state index contributed by atoms with van der Waals surface area (Å²) in [6.07, 6.45) is 4.95. The minimum Gasteiger partial charge on any atom is -0.311 e. The molecule has 3 rings (SSSR count). The Balaban J connectivity index is 1.35. The Hall–Kier alpha value is -1.16. The molecule has 1 aliphatic heterocycles. The van der Waals surface area contributed by atoms with Gasteiger partial charge in [0.1, 0.15) is 0 Å². The van der Waals surface area contributed by atoms with Crippen molar-refractivity contribution in [1.82, 2.24) is 10.2 Å². The standard InChI is InChI=1S/C20H28N2S/c1-17(9-10-18-6-3-2-4-7-18)21-19-11-13-22(14-12-19)16-20-8-5-15-23-20/h2-8,15,17,19,21H,9-14,16H2,1H3. The molecule has 23 heavy (non-hydrogen) atoms. The molecular weight excluding hydrogens is 300 g/mol. The van der Waals surface area contributed by atoms with Gasteiger partial charge in [-0.1, -0.05) is 36.4 Å². The van der Waals surface area contributed by atoms with E-state index in [2.05, 4.69) is 65.0 Å². The zero-order valence-electron chi connectivity index (χ0n) is 14.1. The predicted molar refractivity (Wildman–Crippen MR) is 100.0 cm³/mol. The molecule has 2 heterocycles. The molecule has 1 aromatic heterocycles. The second-order valence-electron chi connectivity index (χ2n) is 6.72. The molecule has 1 saturated heterocycles. The molecule has 1 N–H and O–H groups in total. The van der Waals surface area contributed by atoms with Gasteiger partial charge in [0.2, 0.25) is 0 Å². The van der Waals surface area contributed by atoms with E-state index in [4.69, 9.17) is 0 Å². The second kappa shape index (κ2) is 8.62. The molecule has 0 bridgehead atoms. The van der Waals surface area contributed by atoms with Crippen molar-refractivity contribution in [2.45, 2.75) is 51.2 Å². The van der Waals surface area contributed by atoms with Crippen molar-refractivity contribution in [3.63, 3.8) is 0 Å². The normalized spacial score (nSPS) is 18.1. The molecule has 1 aromatic carbocycles. The van der Waals surface area contributed by atoms with Crippen LogP contribution in [0.2, 0.25) is 0 Å². The van der Waals surface area contributed by atoms with Crippen LogP contribution in [0, 0.1) is 0 Å². The number of nitrogens with one attached hydrogen (secondary N) is 1. The highest BCUT2D eigenvalue weighted by Crippen LogP contribution is 2.17. The van der Waals surface area contributed by atoms with Gasteiger partial charge in [-0.25, -0.2) is 0 Å². The highest BCUT2D eigenvalue weighted by molar-refractivity contribution is 7.09. The maximum Gasteiger partial charge on any atom is 0.0327 e. The maximum atomic E-state index is 3.84. The SMILES string of the molecule is CC(CCc1ccccc1)NC1CCN(Cc2cccs2)CC1. The van der Waals surface area contributed by atoms with Gasteiger partial charge < -0.3 is 5.32 Å². The highest BCUT2D eigenvalue weighted by atomic mass is 32.1. The van der Waals surface area contributed by atoms with E-state index in [1.165, 1.54) is 49.2 Å². The van der Waals surface area contributed by atoms with E-state index in [1.807, 2.05) is 11.3 Å². The number of hydrogen-bond donors (Lipinski definition) is 1. The molecule has 2 nitrogen and oxygen atoms in total. The Morgan fingerprint density at radius 3 is 2.61 bits per heavy atom. The summed E-state index contributed by atoms with van der Waals surface area (Å²) in [6, 6.07) is 16.5. The van der Waals surface area contributed by atoms with Gasteiger partial charge in [0.15, 0.2) is 0 Å². The van der Waals surface area contributed by atoms with Gasteiger partial charge in [-0.2, -0.15) is 0 Å². The van der Waals surface area contributed by atoms with Crippen LogP contribution >= 0.6 is 11.3 Å². The molecule has 0 saturated carbocycles. The number of likely N-dealkylation sites (tertiary alicyclic amines) is 1. The van der Waals surface area contributed by atoms with Crippen LogP contribution in [-0.2, 0) is 13.0 Å². The number of rotatable bonds is 7. The summed E-state index contributed by atoms with van der Waals surface area (Å²) in [5.74, 6) is 0. The van der Waals surface area contributed by atoms with Crippen LogP contribution in [0.4, 0.5) is 0 Å². The van der Waals surface area contributed by atoms with Crippen LogP contribution in [-0.4, -0.2) is 30.1 Å². The Kier molecular flexibility index (Phi) is 6.26. The topological polar surface area (TPSA) is 15.3 Å². The van der Waals surface area contributed by atoms with Crippen LogP contribution in [0.5, 0.6) is 0 Å². The number of piperidine rings is 1. The summed E-state index contributed by atoms with van der Waals surface area (Å²) in [5.41, 5.74) is 1.45. The first-order valence-corrected chi connectivity index (χ1v) is 9.72. The van der Waals surface area contributed by atoms with E-state index in [0.717, 1.165) is 6.54 Å². The molecule has 0 radical (unpaired) electrons. The monoisotopic (exact) mass is 328 g/mol. The van der Waals surface area contributed by atoms with Gasteiger partial charge in [-0.3, -0.25) is 4.90 Å². The quantitative estimate of drug-likeness (QED) is 0.814. The van der Waals surface area contributed by atoms with Crippen molar-refractivity contribution in [2.24, 2.45) is 0 Å². The smallest absolute Gasteiger partial charge is 0.0327 e. The van der Waals surface area contributed by atoms with E-state index in [1.54, 1.807) is 0 Å². The van der Waals surface area contributed by atoms with Crippen LogP contribution < -0.4 is 5.32 Å². The van der Waals surface area contributed by atoms with E-state index in [-0.39, 0.29) is 0 Å². The van der Waals surface area contributed by atoms with Crippen molar-refractivity contribution >= 4 is 11.3 Å². The zero-order valence-corrected chi connectivity index (χ0v) is 14.9. The molecule has 1 fully saturated rings. The van der Waals surface area contributed by atoms with Gasteiger partial charge in [0.05, 0.1) is 0 Å². The fourth-order valence-electron chi connectivity index (χ4n) is 3.39. The van der Waals surface area contributed by atoms with Crippen LogP contribution in [0.15, 0.2) is 47.8 Å². The Morgan fingerprint density at radius 1 is 1.13 bits per heavy atom. The number of hydrogen-bond acceptors (Lipinski definition) is 3. The zero-order chi connectivity index (χ0) is 15.9. The molecule has 0 aliphatic carbocycles. The molecule has 2 aromatic rings. The van der Waals surface area contributed by atoms with Gasteiger partial charge in [-0.05, 0) is 62.7 Å². The van der Waals surface area contributed by atoms with Gasteiger partial charge in [-0.15, -0.1) is 11.3 Å². The summed E-state index contributed by atoms with van der Waals surface area (Å²) >= 11 is 1.88. The van der Waals surface area contributed by atoms with Crippen LogP contribution in [0.1, 0.15) is 36.6 Å². The lowest BCUT2D eigenvalue weighted by Crippen LogP contribution is -2.45. The molecule has 3 heteroatoms. The third kappa shape index (κ3) is 5.45. The first-order valence-electron chi connectivity index (χ1n) is 8.84. The summed E-state index contributed by atoms with van der Waals surface area (Å²) in [7, 11) is 0. The second-order valence-corrected chi connectivity index (χ2v) is 7.75. The number of thiophene rings is 1. The molecule has 1 aliphatic rings. The lowest BCUT2D eigenvalue weighted by molar-refractivity contribution is 0.185. The largest absolute Gasteiger partial charge is 0.311 e. The summed E-state index contributed by atoms with van der Waals surface area (Å²) < 4.78 is 0. The van der Waals surface area contributed by atoms with Gasteiger partial charge >= 0.3 is 0 Å². The number of benzene rings is 1. The number of nitrogens with zero attached hydrogens (tertiary/aromatic N) is 1. The molecule has 0 spiro atoms. The van der Waals surface area contributed by atoms with Crippen molar-refractivity contribution < 1.29 is 0 Å². The summed E-state index contributed by atoms with van der Waals surface area (Å²) in [4.78, 5) is 4.09. The van der Waals surface area contributed by atoms with Gasteiger partial charge in [0.25, 0.3) is 0 Å². The van der Waals surface area contributed by atoms with Crippen molar-refractivity contribution in [3.8, 4) is 0 Å². The molecule has 1 atom stereocenters. The molecule has 1 unspecified atom stereocenters. The molecular formula is C20H28N2S. The molecule has 124 valence electrons. The minimum atomic E-state index is 0.601. The summed E-state index contributed by atoms with van der Waals surface area (Å²) in [5, 5.41) is 6.02. The Bertz CT molecular complexity index is 544. The first-order chi connectivity index (χ1) is 11.3. The number of aryl methyl sites for hydroxylation is 1. The average molecular weight is 329 g/mol. The summed E-state index contributed by atoms with van der Waals surface area (Å²) in [6.45, 7) is 5.91.